The van der Waals surface area contributed by atoms with E-state index >= 15 is 0 Å². The molecule has 0 radical (unpaired) electrons. The van der Waals surface area contributed by atoms with E-state index in [0.29, 0.717) is 23.7 Å². The molecule has 2 heterocycles. The van der Waals surface area contributed by atoms with Gasteiger partial charge in [0.25, 0.3) is 5.91 Å². The fourth-order valence-corrected chi connectivity index (χ4v) is 2.84. The first-order chi connectivity index (χ1) is 8.88. The Bertz CT molecular complexity index is 512. The predicted octanol–water partition coefficient (Wildman–Crippen LogP) is 1.86. The molecule has 1 fully saturated rings. The number of aryl methyl sites for hydroxylation is 1. The zero-order valence-electron chi connectivity index (χ0n) is 11.0. The number of aliphatic carboxylic acids is 1. The van der Waals surface area contributed by atoms with Gasteiger partial charge in [-0.15, -0.1) is 0 Å². The van der Waals surface area contributed by atoms with E-state index in [1.54, 1.807) is 28.8 Å². The van der Waals surface area contributed by atoms with Gasteiger partial charge in [0, 0.05) is 26.3 Å². The number of nitrogens with zero attached hydrogens (tertiary/aromatic N) is 2. The van der Waals surface area contributed by atoms with E-state index in [4.69, 9.17) is 16.7 Å². The molecule has 0 aromatic carbocycles. The maximum atomic E-state index is 12.4. The quantitative estimate of drug-likeness (QED) is 0.902. The van der Waals surface area contributed by atoms with E-state index < -0.39 is 11.9 Å². The number of amides is 1. The molecule has 5 nitrogen and oxygen atoms in total. The van der Waals surface area contributed by atoms with Gasteiger partial charge in [-0.1, -0.05) is 18.5 Å². The molecular formula is C13H17ClN2O3. The minimum Gasteiger partial charge on any atom is -0.481 e. The first kappa shape index (κ1) is 13.9. The summed E-state index contributed by atoms with van der Waals surface area (Å²) in [6.45, 7) is 2.82. The first-order valence-corrected chi connectivity index (χ1v) is 6.60. The molecule has 0 saturated carbocycles. The zero-order chi connectivity index (χ0) is 14.2. The maximum absolute atomic E-state index is 12.4. The lowest BCUT2D eigenvalue weighted by Gasteiger charge is -2.34. The highest BCUT2D eigenvalue weighted by Crippen LogP contribution is 2.24. The Morgan fingerprint density at radius 1 is 1.42 bits per heavy atom. The molecule has 0 aliphatic carbocycles. The molecule has 2 rings (SSSR count). The number of carboxylic acids is 1. The van der Waals surface area contributed by atoms with Crippen molar-refractivity contribution < 1.29 is 14.7 Å². The van der Waals surface area contributed by atoms with Crippen LogP contribution in [-0.2, 0) is 11.8 Å². The molecule has 1 aromatic rings. The second kappa shape index (κ2) is 5.25. The summed E-state index contributed by atoms with van der Waals surface area (Å²) < 4.78 is 1.67. The number of carboxylic acid groups (broad SMARTS) is 1. The third-order valence-electron chi connectivity index (χ3n) is 3.49. The van der Waals surface area contributed by atoms with E-state index in [0.717, 1.165) is 0 Å². The van der Waals surface area contributed by atoms with Gasteiger partial charge in [0.1, 0.15) is 5.69 Å². The molecule has 2 atom stereocenters. The lowest BCUT2D eigenvalue weighted by molar-refractivity contribution is -0.143. The Morgan fingerprint density at radius 3 is 2.63 bits per heavy atom. The minimum absolute atomic E-state index is 0.160. The maximum Gasteiger partial charge on any atom is 0.308 e. The second-order valence-corrected chi connectivity index (χ2v) is 5.68. The molecule has 1 N–H and O–H groups in total. The van der Waals surface area contributed by atoms with Crippen LogP contribution in [0.2, 0.25) is 5.02 Å². The monoisotopic (exact) mass is 284 g/mol. The molecule has 2 unspecified atom stereocenters. The number of aromatic nitrogens is 1. The number of hydrogen-bond acceptors (Lipinski definition) is 2. The van der Waals surface area contributed by atoms with Crippen LogP contribution in [0.4, 0.5) is 0 Å². The number of rotatable bonds is 2. The van der Waals surface area contributed by atoms with Gasteiger partial charge in [0.05, 0.1) is 10.9 Å². The molecule has 0 spiro atoms. The largest absolute Gasteiger partial charge is 0.481 e. The average molecular weight is 285 g/mol. The van der Waals surface area contributed by atoms with Crippen molar-refractivity contribution in [3.8, 4) is 0 Å². The van der Waals surface area contributed by atoms with Crippen LogP contribution in [0.3, 0.4) is 0 Å². The van der Waals surface area contributed by atoms with Crippen LogP contribution in [0.5, 0.6) is 0 Å². The fourth-order valence-electron chi connectivity index (χ4n) is 2.60. The lowest BCUT2D eigenvalue weighted by atomic mass is 9.90. The van der Waals surface area contributed by atoms with E-state index in [1.165, 1.54) is 0 Å². The van der Waals surface area contributed by atoms with Crippen molar-refractivity contribution in [2.24, 2.45) is 18.9 Å². The summed E-state index contributed by atoms with van der Waals surface area (Å²) in [5, 5.41) is 9.63. The van der Waals surface area contributed by atoms with E-state index in [9.17, 15) is 9.59 Å². The molecular weight excluding hydrogens is 268 g/mol. The van der Waals surface area contributed by atoms with Crippen LogP contribution in [0.25, 0.3) is 0 Å². The van der Waals surface area contributed by atoms with Crippen LogP contribution < -0.4 is 0 Å². The Balaban J connectivity index is 2.18. The third kappa shape index (κ3) is 2.92. The van der Waals surface area contributed by atoms with E-state index in [2.05, 4.69) is 0 Å². The number of likely N-dealkylation sites (tertiary alicyclic amines) is 1. The summed E-state index contributed by atoms with van der Waals surface area (Å²) in [4.78, 5) is 25.1. The van der Waals surface area contributed by atoms with Crippen molar-refractivity contribution >= 4 is 23.5 Å². The standard InChI is InChI=1S/C13H17ClN2O3/c1-8-3-9(13(18)19)6-16(5-8)12(17)11-4-10(14)7-15(11)2/h4,7-9H,3,5-6H2,1-2H3,(H,18,19). The summed E-state index contributed by atoms with van der Waals surface area (Å²) in [6.07, 6.45) is 2.28. The first-order valence-electron chi connectivity index (χ1n) is 6.22. The molecule has 1 aromatic heterocycles. The summed E-state index contributed by atoms with van der Waals surface area (Å²) in [7, 11) is 1.75. The van der Waals surface area contributed by atoms with Gasteiger partial charge in [0.15, 0.2) is 0 Å². The smallest absolute Gasteiger partial charge is 0.308 e. The SMILES string of the molecule is CC1CC(C(=O)O)CN(C(=O)c2cc(Cl)cn2C)C1. The van der Waals surface area contributed by atoms with Crippen molar-refractivity contribution in [1.29, 1.82) is 0 Å². The van der Waals surface area contributed by atoms with Crippen LogP contribution >= 0.6 is 11.6 Å². The van der Waals surface area contributed by atoms with E-state index in [-0.39, 0.29) is 18.4 Å². The van der Waals surface area contributed by atoms with E-state index in [1.807, 2.05) is 6.92 Å². The van der Waals surface area contributed by atoms with Gasteiger partial charge in [-0.2, -0.15) is 0 Å². The number of piperidine rings is 1. The van der Waals surface area contributed by atoms with Crippen LogP contribution in [-0.4, -0.2) is 39.5 Å². The summed E-state index contributed by atoms with van der Waals surface area (Å²) in [5.74, 6) is -1.29. The molecule has 104 valence electrons. The Hall–Kier alpha value is -1.49. The van der Waals surface area contributed by atoms with Crippen LogP contribution in [0, 0.1) is 11.8 Å². The van der Waals surface area contributed by atoms with Crippen LogP contribution in [0.15, 0.2) is 12.3 Å². The molecule has 1 aliphatic heterocycles. The highest BCUT2D eigenvalue weighted by atomic mass is 35.5. The average Bonchev–Trinajstić information content (AvgIpc) is 2.66. The molecule has 1 aliphatic rings. The number of halogens is 1. The van der Waals surface area contributed by atoms with Gasteiger partial charge in [-0.25, -0.2) is 0 Å². The van der Waals surface area contributed by atoms with Crippen molar-refractivity contribution in [2.75, 3.05) is 13.1 Å². The predicted molar refractivity (Wildman–Crippen MR) is 71.2 cm³/mol. The summed E-state index contributed by atoms with van der Waals surface area (Å²) in [5.41, 5.74) is 0.489. The lowest BCUT2D eigenvalue weighted by Crippen LogP contribution is -2.46. The number of carbonyl (C=O) groups is 2. The van der Waals surface area contributed by atoms with Gasteiger partial charge in [0.2, 0.25) is 0 Å². The molecule has 19 heavy (non-hydrogen) atoms. The van der Waals surface area contributed by atoms with Crippen molar-refractivity contribution in [1.82, 2.24) is 9.47 Å². The topological polar surface area (TPSA) is 62.5 Å². The second-order valence-electron chi connectivity index (χ2n) is 5.24. The highest BCUT2D eigenvalue weighted by molar-refractivity contribution is 6.31. The zero-order valence-corrected chi connectivity index (χ0v) is 11.7. The molecule has 0 bridgehead atoms. The minimum atomic E-state index is -0.839. The van der Waals surface area contributed by atoms with Gasteiger partial charge in [-0.3, -0.25) is 9.59 Å². The van der Waals surface area contributed by atoms with Crippen molar-refractivity contribution in [3.05, 3.63) is 23.0 Å². The van der Waals surface area contributed by atoms with Crippen molar-refractivity contribution in [2.45, 2.75) is 13.3 Å². The molecule has 1 amide bonds. The third-order valence-corrected chi connectivity index (χ3v) is 3.69. The molecule has 1 saturated heterocycles. The van der Waals surface area contributed by atoms with Gasteiger partial charge < -0.3 is 14.6 Å². The Kier molecular flexibility index (Phi) is 3.85. The number of carbonyl (C=O) groups excluding carboxylic acids is 1. The Labute approximate surface area is 116 Å². The summed E-state index contributed by atoms with van der Waals surface area (Å²) in [6, 6.07) is 1.61. The van der Waals surface area contributed by atoms with Gasteiger partial charge in [-0.05, 0) is 18.4 Å². The fraction of sp³-hybridized carbons (Fsp3) is 0.538. The van der Waals surface area contributed by atoms with Crippen LogP contribution in [0.1, 0.15) is 23.8 Å². The highest BCUT2D eigenvalue weighted by Gasteiger charge is 2.32. The van der Waals surface area contributed by atoms with Crippen molar-refractivity contribution in [3.63, 3.8) is 0 Å². The summed E-state index contributed by atoms with van der Waals surface area (Å²) >= 11 is 5.87. The number of hydrogen-bond donors (Lipinski definition) is 1. The molecule has 6 heteroatoms. The van der Waals surface area contributed by atoms with Gasteiger partial charge >= 0.3 is 5.97 Å². The Morgan fingerprint density at radius 2 is 2.11 bits per heavy atom. The normalized spacial score (nSPS) is 23.4.